The highest BCUT2D eigenvalue weighted by Crippen LogP contribution is 2.25. The van der Waals surface area contributed by atoms with Crippen LogP contribution in [0.2, 0.25) is 0 Å². The van der Waals surface area contributed by atoms with Gasteiger partial charge in [0, 0.05) is 21.7 Å². The molecule has 0 fully saturated rings. The lowest BCUT2D eigenvalue weighted by molar-refractivity contribution is 0.571. The van der Waals surface area contributed by atoms with Gasteiger partial charge in [0.25, 0.3) is 5.56 Å². The van der Waals surface area contributed by atoms with Crippen LogP contribution in [0.4, 0.5) is 0 Å². The molecule has 142 valence electrons. The second-order valence-electron chi connectivity index (χ2n) is 6.62. The molecule has 0 aliphatic rings. The zero-order valence-electron chi connectivity index (χ0n) is 15.3. The molecule has 0 amide bonds. The first kappa shape index (κ1) is 18.0. The van der Waals surface area contributed by atoms with E-state index in [0.29, 0.717) is 21.1 Å². The van der Waals surface area contributed by atoms with Crippen LogP contribution in [0, 0.1) is 6.92 Å². The van der Waals surface area contributed by atoms with Crippen molar-refractivity contribution in [3.05, 3.63) is 91.3 Å². The third-order valence-corrected chi connectivity index (χ3v) is 5.95. The van der Waals surface area contributed by atoms with E-state index >= 15 is 0 Å². The molecule has 0 unspecified atom stereocenters. The quantitative estimate of drug-likeness (QED) is 0.389. The van der Waals surface area contributed by atoms with E-state index in [1.165, 1.54) is 15.9 Å². The fourth-order valence-corrected chi connectivity index (χ4v) is 4.30. The Bertz CT molecular complexity index is 1450. The van der Waals surface area contributed by atoms with Crippen molar-refractivity contribution < 1.29 is 4.42 Å². The van der Waals surface area contributed by atoms with Crippen molar-refractivity contribution >= 4 is 38.3 Å². The van der Waals surface area contributed by atoms with E-state index in [9.17, 15) is 4.79 Å². The molecule has 0 N–H and O–H groups in total. The Kier molecular flexibility index (Phi) is 4.41. The Balaban J connectivity index is 1.52. The lowest BCUT2D eigenvalue weighted by Gasteiger charge is -1.96. The van der Waals surface area contributed by atoms with Crippen LogP contribution in [0.15, 0.2) is 74.3 Å². The lowest BCUT2D eigenvalue weighted by atomic mass is 10.1. The van der Waals surface area contributed by atoms with Crippen LogP contribution in [0.1, 0.15) is 11.3 Å². The van der Waals surface area contributed by atoms with Crippen molar-refractivity contribution in [1.29, 1.82) is 0 Å². The molecule has 29 heavy (non-hydrogen) atoms. The van der Waals surface area contributed by atoms with Crippen LogP contribution in [0.25, 0.3) is 33.7 Å². The van der Waals surface area contributed by atoms with Gasteiger partial charge in [0.15, 0.2) is 5.82 Å². The smallest absolute Gasteiger partial charge is 0.291 e. The second kappa shape index (κ2) is 7.09. The first-order valence-corrected chi connectivity index (χ1v) is 10.5. The summed E-state index contributed by atoms with van der Waals surface area (Å²) in [6.07, 6.45) is 1.73. The molecule has 2 aromatic carbocycles. The average molecular weight is 464 g/mol. The van der Waals surface area contributed by atoms with Crippen LogP contribution in [0.3, 0.4) is 0 Å². The van der Waals surface area contributed by atoms with Crippen LogP contribution in [0.5, 0.6) is 0 Å². The van der Waals surface area contributed by atoms with Crippen LogP contribution >= 0.6 is 27.3 Å². The topological polar surface area (TPSA) is 60.4 Å². The summed E-state index contributed by atoms with van der Waals surface area (Å²) in [7, 11) is 0. The van der Waals surface area contributed by atoms with E-state index in [1.807, 2.05) is 67.6 Å². The third kappa shape index (κ3) is 3.43. The fraction of sp³-hybridized carbons (Fsp3) is 0.0455. The van der Waals surface area contributed by atoms with Crippen molar-refractivity contribution in [2.45, 2.75) is 6.92 Å². The summed E-state index contributed by atoms with van der Waals surface area (Å²) in [6.45, 7) is 2.03. The number of nitrogens with zero attached hydrogens (tertiary/aromatic N) is 3. The molecule has 0 atom stereocenters. The van der Waals surface area contributed by atoms with Crippen molar-refractivity contribution in [2.24, 2.45) is 0 Å². The highest BCUT2D eigenvalue weighted by atomic mass is 79.9. The molecule has 5 rings (SSSR count). The molecule has 0 saturated carbocycles. The minimum atomic E-state index is -0.198. The second-order valence-corrected chi connectivity index (χ2v) is 8.55. The summed E-state index contributed by atoms with van der Waals surface area (Å²) < 4.78 is 8.77. The van der Waals surface area contributed by atoms with Gasteiger partial charge < -0.3 is 4.42 Å². The minimum absolute atomic E-state index is 0.198. The molecule has 3 heterocycles. The molecule has 7 heteroatoms. The molecule has 0 spiro atoms. The molecule has 0 radical (unpaired) electrons. The number of fused-ring (bicyclic) bond motifs is 1. The highest BCUT2D eigenvalue weighted by Gasteiger charge is 2.12. The summed E-state index contributed by atoms with van der Waals surface area (Å²) in [5, 5.41) is 4.38. The monoisotopic (exact) mass is 463 g/mol. The number of hydrogen-bond acceptors (Lipinski definition) is 5. The number of aryl methyl sites for hydroxylation is 1. The van der Waals surface area contributed by atoms with Crippen LogP contribution in [-0.2, 0) is 0 Å². The normalized spacial score (nSPS) is 12.1. The first-order valence-electron chi connectivity index (χ1n) is 8.91. The molecule has 0 aliphatic carbocycles. The largest absolute Gasteiger partial charge is 0.457 e. The van der Waals surface area contributed by atoms with Gasteiger partial charge in [-0.05, 0) is 31.2 Å². The van der Waals surface area contributed by atoms with Gasteiger partial charge in [-0.1, -0.05) is 69.2 Å². The van der Waals surface area contributed by atoms with Crippen molar-refractivity contribution in [2.75, 3.05) is 0 Å². The molecule has 5 nitrogen and oxygen atoms in total. The summed E-state index contributed by atoms with van der Waals surface area (Å²) in [6, 6.07) is 19.5. The van der Waals surface area contributed by atoms with Gasteiger partial charge in [0.2, 0.25) is 4.96 Å². The van der Waals surface area contributed by atoms with E-state index in [-0.39, 0.29) is 5.56 Å². The van der Waals surface area contributed by atoms with E-state index < -0.39 is 0 Å². The van der Waals surface area contributed by atoms with Crippen LogP contribution in [-0.4, -0.2) is 14.6 Å². The summed E-state index contributed by atoms with van der Waals surface area (Å²) >= 11 is 4.76. The van der Waals surface area contributed by atoms with E-state index in [0.717, 1.165) is 26.9 Å². The lowest BCUT2D eigenvalue weighted by Crippen LogP contribution is -2.23. The van der Waals surface area contributed by atoms with Crippen LogP contribution < -0.4 is 10.1 Å². The Hall–Kier alpha value is -3.03. The first-order chi connectivity index (χ1) is 14.1. The molecular weight excluding hydrogens is 450 g/mol. The Morgan fingerprint density at radius 1 is 1.07 bits per heavy atom. The van der Waals surface area contributed by atoms with Gasteiger partial charge in [-0.3, -0.25) is 4.79 Å². The fourth-order valence-electron chi connectivity index (χ4n) is 3.02. The zero-order chi connectivity index (χ0) is 20.0. The summed E-state index contributed by atoms with van der Waals surface area (Å²) in [5.41, 5.74) is 2.82. The predicted molar refractivity (Wildman–Crippen MR) is 118 cm³/mol. The Morgan fingerprint density at radius 2 is 1.90 bits per heavy atom. The maximum Gasteiger partial charge on any atom is 0.291 e. The maximum atomic E-state index is 12.7. The number of rotatable bonds is 3. The Labute approximate surface area is 178 Å². The summed E-state index contributed by atoms with van der Waals surface area (Å²) in [5.74, 6) is 1.90. The maximum absolute atomic E-state index is 12.7. The molecule has 0 saturated heterocycles. The SMILES string of the molecule is Cc1ccc(-c2nc3s/c(=C\c4ccc(-c5cccc(Br)c5)o4)c(=O)n3n2)cc1. The van der Waals surface area contributed by atoms with Gasteiger partial charge in [-0.2, -0.15) is 9.50 Å². The van der Waals surface area contributed by atoms with Crippen molar-refractivity contribution in [1.82, 2.24) is 14.6 Å². The van der Waals surface area contributed by atoms with Crippen molar-refractivity contribution in [3.8, 4) is 22.7 Å². The van der Waals surface area contributed by atoms with E-state index in [2.05, 4.69) is 26.0 Å². The van der Waals surface area contributed by atoms with Crippen molar-refractivity contribution in [3.63, 3.8) is 0 Å². The molecular formula is C22H14BrN3O2S. The van der Waals surface area contributed by atoms with Gasteiger partial charge in [0.1, 0.15) is 16.1 Å². The van der Waals surface area contributed by atoms with E-state index in [1.54, 1.807) is 6.08 Å². The number of hydrogen-bond donors (Lipinski definition) is 0. The van der Waals surface area contributed by atoms with Gasteiger partial charge in [-0.25, -0.2) is 0 Å². The third-order valence-electron chi connectivity index (χ3n) is 4.50. The highest BCUT2D eigenvalue weighted by molar-refractivity contribution is 9.10. The molecule has 5 aromatic rings. The number of halogens is 1. The standard InChI is InChI=1S/C22H14BrN3O2S/c1-13-5-7-14(8-6-13)20-24-22-26(25-20)21(27)19(29-22)12-17-9-10-18(28-17)15-3-2-4-16(23)11-15/h2-12H,1H3/b19-12-. The Morgan fingerprint density at radius 3 is 2.66 bits per heavy atom. The number of aromatic nitrogens is 3. The predicted octanol–water partition coefficient (Wildman–Crippen LogP) is 4.70. The number of furan rings is 1. The van der Waals surface area contributed by atoms with Gasteiger partial charge >= 0.3 is 0 Å². The van der Waals surface area contributed by atoms with Gasteiger partial charge in [0.05, 0.1) is 0 Å². The molecule has 0 aliphatic heterocycles. The van der Waals surface area contributed by atoms with E-state index in [4.69, 9.17) is 4.42 Å². The summed E-state index contributed by atoms with van der Waals surface area (Å²) in [4.78, 5) is 17.8. The molecule has 3 aromatic heterocycles. The zero-order valence-corrected chi connectivity index (χ0v) is 17.7. The van der Waals surface area contributed by atoms with Gasteiger partial charge in [-0.15, -0.1) is 5.10 Å². The number of benzene rings is 2. The number of thiazole rings is 1. The molecule has 0 bridgehead atoms. The average Bonchev–Trinajstić information content (AvgIpc) is 3.41. The minimum Gasteiger partial charge on any atom is -0.457 e.